The fraction of sp³-hybridized carbons (Fsp3) is 0.240. The standard InChI is InChI=1S/C25H20ClFN2O5S2/c26-22-7-8-24(35-22)36(33,34)13-18(30)9-14-1-6-21(20(27)10-14)29-23(31)12-15-11-17(28-16-2-3-16)4-5-19(15)25(29)32/h1,4-8,10-11,16,28H,2-3,9,12-13H2. The zero-order valence-corrected chi connectivity index (χ0v) is 21.2. The normalized spacial score (nSPS) is 15.7. The number of fused-ring (bicyclic) bond motifs is 1. The summed E-state index contributed by atoms with van der Waals surface area (Å²) in [5.74, 6) is -3.40. The van der Waals surface area contributed by atoms with Gasteiger partial charge < -0.3 is 5.32 Å². The highest BCUT2D eigenvalue weighted by Crippen LogP contribution is 2.32. The number of carbonyl (C=O) groups is 3. The second kappa shape index (κ2) is 9.42. The van der Waals surface area contributed by atoms with E-state index in [1.54, 1.807) is 18.2 Å². The highest BCUT2D eigenvalue weighted by molar-refractivity contribution is 7.94. The van der Waals surface area contributed by atoms with Crippen LogP contribution >= 0.6 is 22.9 Å². The zero-order valence-electron chi connectivity index (χ0n) is 18.8. The molecule has 2 amide bonds. The molecule has 1 aliphatic carbocycles. The minimum atomic E-state index is -3.85. The summed E-state index contributed by atoms with van der Waals surface area (Å²) in [5, 5.41) is 3.33. The Hall–Kier alpha value is -3.08. The van der Waals surface area contributed by atoms with Crippen LogP contribution < -0.4 is 10.2 Å². The van der Waals surface area contributed by atoms with E-state index in [2.05, 4.69) is 5.32 Å². The number of rotatable bonds is 8. The monoisotopic (exact) mass is 546 g/mol. The van der Waals surface area contributed by atoms with E-state index in [9.17, 15) is 22.8 Å². The first-order chi connectivity index (χ1) is 17.1. The molecule has 0 atom stereocenters. The first kappa shape index (κ1) is 24.6. The van der Waals surface area contributed by atoms with Gasteiger partial charge in [-0.2, -0.15) is 0 Å². The third-order valence-electron chi connectivity index (χ3n) is 5.94. The fourth-order valence-electron chi connectivity index (χ4n) is 4.09. The molecule has 0 saturated heterocycles. The van der Waals surface area contributed by atoms with Crippen molar-refractivity contribution in [2.75, 3.05) is 16.0 Å². The zero-order chi connectivity index (χ0) is 25.6. The predicted molar refractivity (Wildman–Crippen MR) is 135 cm³/mol. The van der Waals surface area contributed by atoms with E-state index >= 15 is 4.39 Å². The summed E-state index contributed by atoms with van der Waals surface area (Å²) >= 11 is 6.63. The van der Waals surface area contributed by atoms with E-state index in [1.165, 1.54) is 24.3 Å². The second-order valence-corrected chi connectivity index (χ2v) is 12.8. The molecule has 2 aromatic carbocycles. The molecular weight excluding hydrogens is 527 g/mol. The quantitative estimate of drug-likeness (QED) is 0.420. The molecule has 186 valence electrons. The van der Waals surface area contributed by atoms with Crippen molar-refractivity contribution < 1.29 is 27.2 Å². The molecule has 11 heteroatoms. The summed E-state index contributed by atoms with van der Waals surface area (Å²) in [6, 6.07) is 12.1. The largest absolute Gasteiger partial charge is 0.382 e. The van der Waals surface area contributed by atoms with Crippen LogP contribution in [0.4, 0.5) is 15.8 Å². The SMILES string of the molecule is O=C(Cc1ccc(N2C(=O)Cc3cc(NC4CC4)ccc3C2=O)c(F)c1)CS(=O)(=O)c1ccc(Cl)s1. The van der Waals surface area contributed by atoms with Crippen LogP contribution in [-0.2, 0) is 32.3 Å². The van der Waals surface area contributed by atoms with Crippen LogP contribution in [0.3, 0.4) is 0 Å². The first-order valence-corrected chi connectivity index (χ1v) is 14.0. The Kier molecular flexibility index (Phi) is 6.44. The molecule has 0 radical (unpaired) electrons. The lowest BCUT2D eigenvalue weighted by molar-refractivity contribution is -0.118. The number of thiophene rings is 1. The number of amides is 2. The van der Waals surface area contributed by atoms with Gasteiger partial charge in [-0.1, -0.05) is 17.7 Å². The van der Waals surface area contributed by atoms with Gasteiger partial charge in [0.15, 0.2) is 15.6 Å². The van der Waals surface area contributed by atoms with Crippen LogP contribution in [0.15, 0.2) is 52.7 Å². The number of nitrogens with one attached hydrogen (secondary N) is 1. The van der Waals surface area contributed by atoms with Crippen molar-refractivity contribution >= 4 is 61.7 Å². The third-order valence-corrected chi connectivity index (χ3v) is 9.43. The molecule has 3 aromatic rings. The molecule has 36 heavy (non-hydrogen) atoms. The van der Waals surface area contributed by atoms with Crippen molar-refractivity contribution in [3.8, 4) is 0 Å². The molecule has 0 unspecified atom stereocenters. The molecule has 1 saturated carbocycles. The highest BCUT2D eigenvalue weighted by atomic mass is 35.5. The van der Waals surface area contributed by atoms with E-state index < -0.39 is 39.0 Å². The molecule has 2 heterocycles. The maximum atomic E-state index is 15.0. The molecule has 1 N–H and O–H groups in total. The van der Waals surface area contributed by atoms with Crippen molar-refractivity contribution in [1.82, 2.24) is 0 Å². The number of imide groups is 1. The molecule has 1 fully saturated rings. The van der Waals surface area contributed by atoms with Crippen LogP contribution in [0.2, 0.25) is 4.34 Å². The number of Topliss-reactive ketones (excluding diaryl/α,β-unsaturated/α-hetero) is 1. The Morgan fingerprint density at radius 1 is 1.11 bits per heavy atom. The average Bonchev–Trinajstić information content (AvgIpc) is 3.50. The minimum Gasteiger partial charge on any atom is -0.382 e. The number of ketones is 1. The van der Waals surface area contributed by atoms with Crippen molar-refractivity contribution in [2.45, 2.75) is 35.9 Å². The van der Waals surface area contributed by atoms with Gasteiger partial charge in [-0.25, -0.2) is 17.7 Å². The Balaban J connectivity index is 1.31. The van der Waals surface area contributed by atoms with Crippen LogP contribution in [0.5, 0.6) is 0 Å². The first-order valence-electron chi connectivity index (χ1n) is 11.2. The summed E-state index contributed by atoms with van der Waals surface area (Å²) < 4.78 is 40.1. The number of carbonyl (C=O) groups excluding carboxylic acids is 3. The fourth-order valence-corrected chi connectivity index (χ4v) is 6.90. The van der Waals surface area contributed by atoms with Crippen molar-refractivity contribution in [2.24, 2.45) is 0 Å². The van der Waals surface area contributed by atoms with Gasteiger partial charge in [0.25, 0.3) is 5.91 Å². The van der Waals surface area contributed by atoms with Crippen LogP contribution in [0, 0.1) is 5.82 Å². The van der Waals surface area contributed by atoms with E-state index in [0.717, 1.165) is 40.8 Å². The molecule has 0 bridgehead atoms. The number of nitrogens with zero attached hydrogens (tertiary/aromatic N) is 1. The summed E-state index contributed by atoms with van der Waals surface area (Å²) in [5.41, 5.74) is 1.77. The minimum absolute atomic E-state index is 0.0137. The number of hydrogen-bond acceptors (Lipinski definition) is 7. The van der Waals surface area contributed by atoms with Gasteiger partial charge in [-0.15, -0.1) is 11.3 Å². The van der Waals surface area contributed by atoms with Gasteiger partial charge in [0.1, 0.15) is 15.8 Å². The van der Waals surface area contributed by atoms with Gasteiger partial charge >= 0.3 is 0 Å². The molecule has 1 aromatic heterocycles. The molecule has 2 aliphatic rings. The molecular formula is C25H20ClFN2O5S2. The van der Waals surface area contributed by atoms with E-state index in [4.69, 9.17) is 11.6 Å². The van der Waals surface area contributed by atoms with Crippen LogP contribution in [0.25, 0.3) is 0 Å². The second-order valence-electron chi connectivity index (χ2n) is 8.82. The van der Waals surface area contributed by atoms with Gasteiger partial charge in [0.2, 0.25) is 5.91 Å². The van der Waals surface area contributed by atoms with Crippen molar-refractivity contribution in [1.29, 1.82) is 0 Å². The smallest absolute Gasteiger partial charge is 0.265 e. The number of anilines is 2. The molecule has 1 aliphatic heterocycles. The lowest BCUT2D eigenvalue weighted by Gasteiger charge is -2.27. The Morgan fingerprint density at radius 3 is 2.56 bits per heavy atom. The lowest BCUT2D eigenvalue weighted by Crippen LogP contribution is -2.43. The number of sulfone groups is 1. The van der Waals surface area contributed by atoms with E-state index in [1.807, 2.05) is 0 Å². The summed E-state index contributed by atoms with van der Waals surface area (Å²) in [4.78, 5) is 39.1. The summed E-state index contributed by atoms with van der Waals surface area (Å²) in [6.07, 6.45) is 1.80. The van der Waals surface area contributed by atoms with Gasteiger partial charge in [-0.05, 0) is 66.4 Å². The van der Waals surface area contributed by atoms with Crippen molar-refractivity contribution in [3.63, 3.8) is 0 Å². The third kappa shape index (κ3) is 5.07. The molecule has 0 spiro atoms. The Labute approximate surface area is 215 Å². The van der Waals surface area contributed by atoms with Gasteiger partial charge in [0, 0.05) is 23.7 Å². The Bertz CT molecular complexity index is 1510. The van der Waals surface area contributed by atoms with Crippen LogP contribution in [-0.4, -0.2) is 37.8 Å². The van der Waals surface area contributed by atoms with Gasteiger partial charge in [-0.3, -0.25) is 14.4 Å². The number of halogens is 2. The average molecular weight is 547 g/mol. The topological polar surface area (TPSA) is 101 Å². The maximum absolute atomic E-state index is 15.0. The van der Waals surface area contributed by atoms with E-state index in [-0.39, 0.29) is 28.3 Å². The number of benzene rings is 2. The molecule has 5 rings (SSSR count). The van der Waals surface area contributed by atoms with Gasteiger partial charge in [0.05, 0.1) is 16.4 Å². The van der Waals surface area contributed by atoms with Crippen molar-refractivity contribution in [3.05, 3.63) is 75.4 Å². The lowest BCUT2D eigenvalue weighted by atomic mass is 9.96. The summed E-state index contributed by atoms with van der Waals surface area (Å²) in [6.45, 7) is 0. The van der Waals surface area contributed by atoms with Crippen LogP contribution in [0.1, 0.15) is 34.3 Å². The predicted octanol–water partition coefficient (Wildman–Crippen LogP) is 4.43. The molecule has 7 nitrogen and oxygen atoms in total. The summed E-state index contributed by atoms with van der Waals surface area (Å²) in [7, 11) is -3.85. The maximum Gasteiger partial charge on any atom is 0.265 e. The number of hydrogen-bond donors (Lipinski definition) is 1. The highest BCUT2D eigenvalue weighted by Gasteiger charge is 2.34. The van der Waals surface area contributed by atoms with E-state index in [0.29, 0.717) is 21.5 Å². The Morgan fingerprint density at radius 2 is 1.89 bits per heavy atom.